The molecule has 1 N–H and O–H groups in total. The largest absolute Gasteiger partial charge is 0.337 e. The Labute approximate surface area is 109 Å². The maximum absolute atomic E-state index is 13.3. The number of rotatable bonds is 1. The molecule has 0 spiro atoms. The van der Waals surface area contributed by atoms with Gasteiger partial charge in [-0.25, -0.2) is 8.78 Å². The molecule has 96 valence electrons. The number of hydrogen-bond acceptors (Lipinski definition) is 1. The molecule has 1 heterocycles. The van der Waals surface area contributed by atoms with Crippen LogP contribution in [0.15, 0.2) is 24.4 Å². The van der Waals surface area contributed by atoms with Gasteiger partial charge in [-0.1, -0.05) is 20.8 Å². The first-order valence-corrected chi connectivity index (χ1v) is 5.98. The van der Waals surface area contributed by atoms with Crippen molar-refractivity contribution in [1.29, 1.82) is 0 Å². The topological polar surface area (TPSA) is 20.7 Å². The van der Waals surface area contributed by atoms with E-state index < -0.39 is 11.6 Å². The molecule has 2 nitrogen and oxygen atoms in total. The number of halogens is 2. The van der Waals surface area contributed by atoms with Gasteiger partial charge in [-0.2, -0.15) is 0 Å². The van der Waals surface area contributed by atoms with E-state index >= 15 is 0 Å². The fourth-order valence-electron chi connectivity index (χ4n) is 1.80. The highest BCUT2D eigenvalue weighted by Crippen LogP contribution is 2.26. The van der Waals surface area contributed by atoms with E-state index in [0.717, 1.165) is 17.8 Å². The lowest BCUT2D eigenvalue weighted by Crippen LogP contribution is -2.16. The molecule has 2 rings (SSSR count). The Balaban J connectivity index is 2.67. The lowest BCUT2D eigenvalue weighted by atomic mass is 9.92. The quantitative estimate of drug-likeness (QED) is 0.772. The number of hydrogen-bond donors (Lipinski definition) is 1. The molecule has 0 unspecified atom stereocenters. The van der Waals surface area contributed by atoms with Gasteiger partial charge in [0, 0.05) is 23.4 Å². The van der Waals surface area contributed by atoms with Crippen LogP contribution in [0.4, 0.5) is 8.78 Å². The molecule has 0 radical (unpaired) electrons. The van der Waals surface area contributed by atoms with Crippen molar-refractivity contribution in [2.45, 2.75) is 26.2 Å². The van der Waals surface area contributed by atoms with Gasteiger partial charge in [0.25, 0.3) is 0 Å². The van der Waals surface area contributed by atoms with Gasteiger partial charge in [-0.15, -0.1) is 0 Å². The number of benzene rings is 1. The Morgan fingerprint density at radius 3 is 2.39 bits per heavy atom. The summed E-state index contributed by atoms with van der Waals surface area (Å²) in [5.41, 5.74) is 1.28. The predicted molar refractivity (Wildman–Crippen MR) is 69.6 cm³/mol. The van der Waals surface area contributed by atoms with E-state index in [1.165, 1.54) is 6.07 Å². The number of H-pyrrole nitrogens is 1. The summed E-state index contributed by atoms with van der Waals surface area (Å²) in [6, 6.07) is 3.76. The molecule has 0 saturated heterocycles. The Hall–Kier alpha value is -1.49. The molecule has 0 fully saturated rings. The van der Waals surface area contributed by atoms with Gasteiger partial charge in [0.15, 0.2) is 16.4 Å². The minimum Gasteiger partial charge on any atom is -0.337 e. The fourth-order valence-corrected chi connectivity index (χ4v) is 2.06. The molecule has 0 aliphatic rings. The van der Waals surface area contributed by atoms with Crippen LogP contribution in [0.3, 0.4) is 0 Å². The van der Waals surface area contributed by atoms with E-state index in [-0.39, 0.29) is 5.41 Å². The van der Waals surface area contributed by atoms with Crippen molar-refractivity contribution in [2.24, 2.45) is 0 Å². The average Bonchev–Trinajstić information content (AvgIpc) is 2.64. The molecule has 0 amide bonds. The molecule has 1 aromatic carbocycles. The summed E-state index contributed by atoms with van der Waals surface area (Å²) in [5.74, 6) is -1.74. The van der Waals surface area contributed by atoms with E-state index in [4.69, 9.17) is 12.2 Å². The SMILES string of the molecule is CC(C)(C)c1c[nH]c(=S)n1-c1ccc(F)c(F)c1. The minimum absolute atomic E-state index is 0.154. The summed E-state index contributed by atoms with van der Waals surface area (Å²) >= 11 is 5.19. The van der Waals surface area contributed by atoms with Crippen molar-refractivity contribution in [3.8, 4) is 5.69 Å². The number of nitrogens with one attached hydrogen (secondary N) is 1. The second-order valence-corrected chi connectivity index (χ2v) is 5.55. The van der Waals surface area contributed by atoms with Crippen LogP contribution in [0.5, 0.6) is 0 Å². The third kappa shape index (κ3) is 2.22. The maximum atomic E-state index is 13.3. The van der Waals surface area contributed by atoms with Gasteiger partial charge in [0.2, 0.25) is 0 Å². The zero-order valence-corrected chi connectivity index (χ0v) is 11.2. The first-order chi connectivity index (χ1) is 8.30. The summed E-state index contributed by atoms with van der Waals surface area (Å²) in [5, 5.41) is 0. The first-order valence-electron chi connectivity index (χ1n) is 5.57. The van der Waals surface area contributed by atoms with Crippen molar-refractivity contribution in [3.63, 3.8) is 0 Å². The van der Waals surface area contributed by atoms with Crippen LogP contribution in [-0.2, 0) is 5.41 Å². The van der Waals surface area contributed by atoms with Crippen LogP contribution < -0.4 is 0 Å². The Morgan fingerprint density at radius 1 is 1.17 bits per heavy atom. The highest BCUT2D eigenvalue weighted by Gasteiger charge is 2.20. The molecule has 0 bridgehead atoms. The Bertz CT molecular complexity index is 635. The van der Waals surface area contributed by atoms with Crippen molar-refractivity contribution in [1.82, 2.24) is 9.55 Å². The highest BCUT2D eigenvalue weighted by molar-refractivity contribution is 7.71. The van der Waals surface area contributed by atoms with E-state index in [2.05, 4.69) is 4.98 Å². The van der Waals surface area contributed by atoms with Crippen molar-refractivity contribution in [2.75, 3.05) is 0 Å². The number of aromatic nitrogens is 2. The van der Waals surface area contributed by atoms with Crippen LogP contribution in [0.1, 0.15) is 26.5 Å². The Morgan fingerprint density at radius 2 is 1.83 bits per heavy atom. The number of aromatic amines is 1. The zero-order chi connectivity index (χ0) is 13.5. The van der Waals surface area contributed by atoms with E-state index in [9.17, 15) is 8.78 Å². The number of nitrogens with zero attached hydrogens (tertiary/aromatic N) is 1. The number of imidazole rings is 1. The average molecular weight is 268 g/mol. The van der Waals surface area contributed by atoms with E-state index in [0.29, 0.717) is 10.5 Å². The molecule has 0 saturated carbocycles. The summed E-state index contributed by atoms with van der Waals surface area (Å²) in [6.07, 6.45) is 1.80. The third-order valence-electron chi connectivity index (χ3n) is 2.71. The molecule has 2 aromatic rings. The zero-order valence-electron chi connectivity index (χ0n) is 10.4. The normalized spacial score (nSPS) is 11.8. The molecular weight excluding hydrogens is 254 g/mol. The van der Waals surface area contributed by atoms with Gasteiger partial charge >= 0.3 is 0 Å². The van der Waals surface area contributed by atoms with Crippen molar-refractivity contribution in [3.05, 3.63) is 46.5 Å². The first kappa shape index (κ1) is 13.0. The predicted octanol–water partition coefficient (Wildman–Crippen LogP) is 4.11. The molecule has 5 heteroatoms. The van der Waals surface area contributed by atoms with Crippen LogP contribution >= 0.6 is 12.2 Å². The van der Waals surface area contributed by atoms with Crippen molar-refractivity contribution >= 4 is 12.2 Å². The highest BCUT2D eigenvalue weighted by atomic mass is 32.1. The Kier molecular flexibility index (Phi) is 3.11. The monoisotopic (exact) mass is 268 g/mol. The summed E-state index contributed by atoms with van der Waals surface area (Å²) in [7, 11) is 0. The van der Waals surface area contributed by atoms with Gasteiger partial charge in [-0.05, 0) is 24.4 Å². The van der Waals surface area contributed by atoms with Crippen molar-refractivity contribution < 1.29 is 8.78 Å². The smallest absolute Gasteiger partial charge is 0.182 e. The third-order valence-corrected chi connectivity index (χ3v) is 3.01. The van der Waals surface area contributed by atoms with Gasteiger partial charge < -0.3 is 4.98 Å². The van der Waals surface area contributed by atoms with E-state index in [1.807, 2.05) is 20.8 Å². The standard InChI is InChI=1S/C13H14F2N2S/c1-13(2,3)11-7-16-12(18)17(11)8-4-5-9(14)10(15)6-8/h4-7H,1-3H3,(H,16,18). The fraction of sp³-hybridized carbons (Fsp3) is 0.308. The molecule has 0 atom stereocenters. The van der Waals surface area contributed by atoms with Crippen LogP contribution in [0.25, 0.3) is 5.69 Å². The molecule has 0 aliphatic carbocycles. The van der Waals surface area contributed by atoms with Gasteiger partial charge in [0.1, 0.15) is 0 Å². The molecular formula is C13H14F2N2S. The molecule has 18 heavy (non-hydrogen) atoms. The maximum Gasteiger partial charge on any atom is 0.182 e. The van der Waals surface area contributed by atoms with Crippen LogP contribution in [0, 0.1) is 16.4 Å². The lowest BCUT2D eigenvalue weighted by molar-refractivity contribution is 0.506. The lowest BCUT2D eigenvalue weighted by Gasteiger charge is -2.20. The van der Waals surface area contributed by atoms with Gasteiger partial charge in [0.05, 0.1) is 5.69 Å². The second-order valence-electron chi connectivity index (χ2n) is 5.16. The second kappa shape index (κ2) is 4.31. The summed E-state index contributed by atoms with van der Waals surface area (Å²) in [6.45, 7) is 6.09. The van der Waals surface area contributed by atoms with E-state index in [1.54, 1.807) is 10.8 Å². The summed E-state index contributed by atoms with van der Waals surface area (Å²) in [4.78, 5) is 2.94. The van der Waals surface area contributed by atoms with Crippen LogP contribution in [-0.4, -0.2) is 9.55 Å². The van der Waals surface area contributed by atoms with Gasteiger partial charge in [-0.3, -0.25) is 4.57 Å². The minimum atomic E-state index is -0.879. The summed E-state index contributed by atoms with van der Waals surface area (Å²) < 4.78 is 28.4. The van der Waals surface area contributed by atoms with Crippen LogP contribution in [0.2, 0.25) is 0 Å². The molecule has 0 aliphatic heterocycles. The molecule has 1 aromatic heterocycles.